The second-order valence-electron chi connectivity index (χ2n) is 3.87. The Morgan fingerprint density at radius 2 is 2.21 bits per heavy atom. The Balaban J connectivity index is 2.69. The first-order valence-electron chi connectivity index (χ1n) is 4.72. The predicted molar refractivity (Wildman–Crippen MR) is 51.7 cm³/mol. The molecule has 1 atom stereocenters. The lowest BCUT2D eigenvalue weighted by Gasteiger charge is -2.23. The molecule has 1 rings (SSSR count). The highest BCUT2D eigenvalue weighted by Gasteiger charge is 2.26. The zero-order valence-corrected chi connectivity index (χ0v) is 8.80. The van der Waals surface area contributed by atoms with Crippen LogP contribution in [0.5, 0.6) is 0 Å². The lowest BCUT2D eigenvalue weighted by molar-refractivity contribution is -0.0481. The van der Waals surface area contributed by atoms with Gasteiger partial charge in [0.1, 0.15) is 12.2 Å². The molecule has 0 radical (unpaired) electrons. The third-order valence-corrected chi connectivity index (χ3v) is 2.19. The Bertz CT molecular complexity index is 290. The van der Waals surface area contributed by atoms with Crippen LogP contribution in [0.15, 0.2) is 6.33 Å². The Labute approximate surface area is 83.4 Å². The molecule has 1 aromatic rings. The van der Waals surface area contributed by atoms with E-state index in [9.17, 15) is 10.2 Å². The van der Waals surface area contributed by atoms with Gasteiger partial charge < -0.3 is 10.2 Å². The molecular weight excluding hydrogens is 182 g/mol. The van der Waals surface area contributed by atoms with Crippen LogP contribution in [0.1, 0.15) is 26.6 Å². The van der Waals surface area contributed by atoms with E-state index in [0.717, 1.165) is 0 Å². The summed E-state index contributed by atoms with van der Waals surface area (Å²) in [4.78, 5) is 4.02. The molecule has 1 aromatic heterocycles. The average molecular weight is 199 g/mol. The summed E-state index contributed by atoms with van der Waals surface area (Å²) in [5, 5.41) is 23.2. The first-order valence-corrected chi connectivity index (χ1v) is 4.72. The summed E-state index contributed by atoms with van der Waals surface area (Å²) in [6.07, 6.45) is 0.949. The SMILES string of the molecule is CCn1ncnc1CC(O)C(C)(C)O. The first kappa shape index (κ1) is 11.1. The van der Waals surface area contributed by atoms with Gasteiger partial charge >= 0.3 is 0 Å². The van der Waals surface area contributed by atoms with Gasteiger partial charge in [0.05, 0.1) is 11.7 Å². The van der Waals surface area contributed by atoms with Gasteiger partial charge in [0, 0.05) is 13.0 Å². The minimum absolute atomic E-state index is 0.317. The molecule has 0 amide bonds. The van der Waals surface area contributed by atoms with Crippen molar-refractivity contribution in [2.75, 3.05) is 0 Å². The van der Waals surface area contributed by atoms with Crippen LogP contribution in [-0.2, 0) is 13.0 Å². The number of hydrogen-bond acceptors (Lipinski definition) is 4. The van der Waals surface area contributed by atoms with Crippen molar-refractivity contribution in [3.05, 3.63) is 12.2 Å². The van der Waals surface area contributed by atoms with Gasteiger partial charge in [-0.2, -0.15) is 5.10 Å². The molecule has 0 aromatic carbocycles. The average Bonchev–Trinajstić information content (AvgIpc) is 2.50. The largest absolute Gasteiger partial charge is 0.390 e. The van der Waals surface area contributed by atoms with Gasteiger partial charge in [-0.1, -0.05) is 0 Å². The number of nitrogens with zero attached hydrogens (tertiary/aromatic N) is 3. The monoisotopic (exact) mass is 199 g/mol. The van der Waals surface area contributed by atoms with Crippen LogP contribution in [0.2, 0.25) is 0 Å². The summed E-state index contributed by atoms with van der Waals surface area (Å²) < 4.78 is 1.70. The van der Waals surface area contributed by atoms with Crippen molar-refractivity contribution in [1.82, 2.24) is 14.8 Å². The quantitative estimate of drug-likeness (QED) is 0.714. The third kappa shape index (κ3) is 2.52. The molecule has 0 aliphatic carbocycles. The fourth-order valence-corrected chi connectivity index (χ4v) is 1.13. The summed E-state index contributed by atoms with van der Waals surface area (Å²) in [6, 6.07) is 0. The number of aryl methyl sites for hydroxylation is 1. The van der Waals surface area contributed by atoms with E-state index in [1.54, 1.807) is 18.5 Å². The molecule has 5 nitrogen and oxygen atoms in total. The fourth-order valence-electron chi connectivity index (χ4n) is 1.13. The van der Waals surface area contributed by atoms with E-state index < -0.39 is 11.7 Å². The number of aliphatic hydroxyl groups is 2. The highest BCUT2D eigenvalue weighted by atomic mass is 16.3. The molecule has 0 aliphatic heterocycles. The Kier molecular flexibility index (Phi) is 3.23. The number of aromatic nitrogens is 3. The van der Waals surface area contributed by atoms with Crippen molar-refractivity contribution in [1.29, 1.82) is 0 Å². The third-order valence-electron chi connectivity index (χ3n) is 2.19. The summed E-state index contributed by atoms with van der Waals surface area (Å²) in [5.41, 5.74) is -1.11. The van der Waals surface area contributed by atoms with Crippen LogP contribution < -0.4 is 0 Å². The van der Waals surface area contributed by atoms with Crippen LogP contribution in [0.3, 0.4) is 0 Å². The Morgan fingerprint density at radius 3 is 2.71 bits per heavy atom. The van der Waals surface area contributed by atoms with Gasteiger partial charge in [-0.15, -0.1) is 0 Å². The van der Waals surface area contributed by atoms with E-state index >= 15 is 0 Å². The maximum atomic E-state index is 9.65. The van der Waals surface area contributed by atoms with Crippen LogP contribution in [-0.4, -0.2) is 36.7 Å². The van der Waals surface area contributed by atoms with E-state index in [1.165, 1.54) is 6.33 Å². The van der Waals surface area contributed by atoms with E-state index in [0.29, 0.717) is 18.8 Å². The van der Waals surface area contributed by atoms with E-state index in [2.05, 4.69) is 10.1 Å². The smallest absolute Gasteiger partial charge is 0.138 e. The maximum absolute atomic E-state index is 9.65. The second kappa shape index (κ2) is 4.06. The highest BCUT2D eigenvalue weighted by Crippen LogP contribution is 2.12. The molecule has 0 bridgehead atoms. The molecule has 14 heavy (non-hydrogen) atoms. The van der Waals surface area contributed by atoms with Crippen LogP contribution in [0.25, 0.3) is 0 Å². The van der Waals surface area contributed by atoms with Crippen molar-refractivity contribution < 1.29 is 10.2 Å². The summed E-state index contributed by atoms with van der Waals surface area (Å²) in [6.45, 7) is 5.82. The predicted octanol–water partition coefficient (Wildman–Crippen LogP) is -0.0277. The molecule has 80 valence electrons. The zero-order valence-electron chi connectivity index (χ0n) is 8.80. The Hall–Kier alpha value is -0.940. The second-order valence-corrected chi connectivity index (χ2v) is 3.87. The summed E-state index contributed by atoms with van der Waals surface area (Å²) in [5.74, 6) is 0.696. The van der Waals surface area contributed by atoms with Gasteiger partial charge in [0.25, 0.3) is 0 Å². The van der Waals surface area contributed by atoms with Crippen molar-refractivity contribution >= 4 is 0 Å². The van der Waals surface area contributed by atoms with E-state index in [4.69, 9.17) is 0 Å². The lowest BCUT2D eigenvalue weighted by Crippen LogP contribution is -2.38. The van der Waals surface area contributed by atoms with Gasteiger partial charge in [0.2, 0.25) is 0 Å². The van der Waals surface area contributed by atoms with Gasteiger partial charge in [-0.05, 0) is 20.8 Å². The van der Waals surface area contributed by atoms with Crippen molar-refractivity contribution in [2.45, 2.75) is 45.4 Å². The van der Waals surface area contributed by atoms with Crippen molar-refractivity contribution in [3.63, 3.8) is 0 Å². The molecule has 0 saturated carbocycles. The van der Waals surface area contributed by atoms with E-state index in [-0.39, 0.29) is 0 Å². The minimum atomic E-state index is -1.11. The summed E-state index contributed by atoms with van der Waals surface area (Å²) >= 11 is 0. The maximum Gasteiger partial charge on any atom is 0.138 e. The molecule has 0 spiro atoms. The van der Waals surface area contributed by atoms with Gasteiger partial charge in [-0.25, -0.2) is 4.98 Å². The molecular formula is C9H17N3O2. The lowest BCUT2D eigenvalue weighted by atomic mass is 9.99. The molecule has 5 heteroatoms. The number of hydrogen-bond donors (Lipinski definition) is 2. The molecule has 0 fully saturated rings. The Morgan fingerprint density at radius 1 is 1.57 bits per heavy atom. The minimum Gasteiger partial charge on any atom is -0.390 e. The normalized spacial score (nSPS) is 14.4. The van der Waals surface area contributed by atoms with E-state index in [1.807, 2.05) is 6.92 Å². The van der Waals surface area contributed by atoms with Gasteiger partial charge in [0.15, 0.2) is 0 Å². The number of rotatable bonds is 4. The van der Waals surface area contributed by atoms with Crippen LogP contribution in [0.4, 0.5) is 0 Å². The molecule has 0 aliphatic rings. The van der Waals surface area contributed by atoms with Crippen LogP contribution in [0, 0.1) is 0 Å². The van der Waals surface area contributed by atoms with Crippen molar-refractivity contribution in [2.24, 2.45) is 0 Å². The fraction of sp³-hybridized carbons (Fsp3) is 0.778. The molecule has 1 unspecified atom stereocenters. The number of aliphatic hydroxyl groups excluding tert-OH is 1. The molecule has 1 heterocycles. The highest BCUT2D eigenvalue weighted by molar-refractivity contribution is 4.91. The van der Waals surface area contributed by atoms with Crippen molar-refractivity contribution in [3.8, 4) is 0 Å². The standard InChI is InChI=1S/C9H17N3O2/c1-4-12-8(10-6-11-12)5-7(13)9(2,3)14/h6-7,13-14H,4-5H2,1-3H3. The summed E-state index contributed by atoms with van der Waals surface area (Å²) in [7, 11) is 0. The van der Waals surface area contributed by atoms with Crippen LogP contribution >= 0.6 is 0 Å². The molecule has 2 N–H and O–H groups in total. The molecule has 0 saturated heterocycles. The zero-order chi connectivity index (χ0) is 10.8. The van der Waals surface area contributed by atoms with Gasteiger partial charge in [-0.3, -0.25) is 4.68 Å². The topological polar surface area (TPSA) is 71.2 Å². The first-order chi connectivity index (χ1) is 6.45.